The van der Waals surface area contributed by atoms with Crippen LogP contribution >= 0.6 is 0 Å². The Morgan fingerprint density at radius 2 is 1.86 bits per heavy atom. The lowest BCUT2D eigenvalue weighted by Gasteiger charge is -2.24. The van der Waals surface area contributed by atoms with Gasteiger partial charge in [0.1, 0.15) is 5.82 Å². The summed E-state index contributed by atoms with van der Waals surface area (Å²) in [5.41, 5.74) is 0.885. The Morgan fingerprint density at radius 3 is 2.48 bits per heavy atom. The first kappa shape index (κ1) is 18.2. The molecule has 1 aromatic rings. The van der Waals surface area contributed by atoms with Crippen LogP contribution in [0.25, 0.3) is 0 Å². The Hall–Kier alpha value is -0.890. The molecular formula is C19H32FN. The van der Waals surface area contributed by atoms with Crippen LogP contribution in [0.5, 0.6) is 0 Å². The molecule has 0 heterocycles. The molecule has 0 spiro atoms. The molecule has 2 unspecified atom stereocenters. The molecule has 0 radical (unpaired) electrons. The Labute approximate surface area is 130 Å². The summed E-state index contributed by atoms with van der Waals surface area (Å²) < 4.78 is 14.1. The summed E-state index contributed by atoms with van der Waals surface area (Å²) in [5.74, 6) is 0.948. The quantitative estimate of drug-likeness (QED) is 0.530. The molecule has 0 fully saturated rings. The highest BCUT2D eigenvalue weighted by Crippen LogP contribution is 2.29. The maximum Gasteiger partial charge on any atom is 0.126 e. The molecule has 0 bridgehead atoms. The monoisotopic (exact) mass is 293 g/mol. The van der Waals surface area contributed by atoms with E-state index in [4.69, 9.17) is 0 Å². The minimum absolute atomic E-state index is 0.0499. The lowest BCUT2D eigenvalue weighted by atomic mass is 9.84. The van der Waals surface area contributed by atoms with Crippen LogP contribution < -0.4 is 5.32 Å². The number of halogens is 1. The zero-order valence-electron chi connectivity index (χ0n) is 14.0. The van der Waals surface area contributed by atoms with Gasteiger partial charge in [0.2, 0.25) is 0 Å². The highest BCUT2D eigenvalue weighted by atomic mass is 19.1. The van der Waals surface area contributed by atoms with Crippen molar-refractivity contribution >= 4 is 0 Å². The van der Waals surface area contributed by atoms with E-state index >= 15 is 0 Å². The van der Waals surface area contributed by atoms with Gasteiger partial charge >= 0.3 is 0 Å². The van der Waals surface area contributed by atoms with E-state index in [-0.39, 0.29) is 5.82 Å². The van der Waals surface area contributed by atoms with Crippen LogP contribution in [-0.4, -0.2) is 13.1 Å². The van der Waals surface area contributed by atoms with Crippen molar-refractivity contribution in [2.45, 2.75) is 65.2 Å². The molecule has 1 aromatic carbocycles. The predicted octanol–water partition coefficient (Wildman–Crippen LogP) is 5.52. The van der Waals surface area contributed by atoms with E-state index in [0.717, 1.165) is 31.5 Å². The molecule has 1 N–H and O–H groups in total. The Bertz CT molecular complexity index is 378. The van der Waals surface area contributed by atoms with Crippen LogP contribution in [0.15, 0.2) is 24.3 Å². The molecular weight excluding hydrogens is 261 g/mol. The van der Waals surface area contributed by atoms with Gasteiger partial charge in [0.25, 0.3) is 0 Å². The van der Waals surface area contributed by atoms with Gasteiger partial charge in [0, 0.05) is 6.54 Å². The average molecular weight is 293 g/mol. The minimum Gasteiger partial charge on any atom is -0.316 e. The number of hydrogen-bond acceptors (Lipinski definition) is 1. The van der Waals surface area contributed by atoms with E-state index in [0.29, 0.717) is 11.8 Å². The molecule has 120 valence electrons. The Balaban J connectivity index is 2.74. The maximum absolute atomic E-state index is 14.1. The van der Waals surface area contributed by atoms with Gasteiger partial charge in [0.15, 0.2) is 0 Å². The molecule has 0 aliphatic heterocycles. The van der Waals surface area contributed by atoms with Gasteiger partial charge in [-0.2, -0.15) is 0 Å². The smallest absolute Gasteiger partial charge is 0.126 e. The summed E-state index contributed by atoms with van der Waals surface area (Å²) >= 11 is 0. The first-order valence-corrected chi connectivity index (χ1v) is 8.67. The molecule has 1 nitrogen and oxygen atoms in total. The van der Waals surface area contributed by atoms with Gasteiger partial charge in [-0.15, -0.1) is 0 Å². The maximum atomic E-state index is 14.1. The van der Waals surface area contributed by atoms with Crippen molar-refractivity contribution in [1.82, 2.24) is 5.32 Å². The second-order valence-corrected chi connectivity index (χ2v) is 6.07. The molecule has 0 amide bonds. The van der Waals surface area contributed by atoms with Crippen LogP contribution in [0.3, 0.4) is 0 Å². The van der Waals surface area contributed by atoms with E-state index in [2.05, 4.69) is 26.1 Å². The van der Waals surface area contributed by atoms with E-state index in [1.54, 1.807) is 12.1 Å². The van der Waals surface area contributed by atoms with Gasteiger partial charge in [-0.25, -0.2) is 4.39 Å². The average Bonchev–Trinajstić information content (AvgIpc) is 2.50. The normalized spacial score (nSPS) is 14.1. The third-order valence-electron chi connectivity index (χ3n) is 4.32. The van der Waals surface area contributed by atoms with Gasteiger partial charge in [-0.05, 0) is 42.9 Å². The Kier molecular flexibility index (Phi) is 9.32. The molecule has 2 heteroatoms. The van der Waals surface area contributed by atoms with Crippen LogP contribution in [0.1, 0.15) is 70.8 Å². The van der Waals surface area contributed by atoms with Crippen molar-refractivity contribution in [3.8, 4) is 0 Å². The van der Waals surface area contributed by atoms with Gasteiger partial charge in [-0.1, -0.05) is 64.7 Å². The highest BCUT2D eigenvalue weighted by molar-refractivity contribution is 5.22. The molecule has 0 saturated heterocycles. The van der Waals surface area contributed by atoms with Crippen LogP contribution in [0.4, 0.5) is 4.39 Å². The molecule has 0 aromatic heterocycles. The SMILES string of the molecule is CCCCC(CC)CC(CNCCC)c1ccccc1F. The number of hydrogen-bond donors (Lipinski definition) is 1. The van der Waals surface area contributed by atoms with E-state index in [1.165, 1.54) is 25.7 Å². The van der Waals surface area contributed by atoms with Crippen molar-refractivity contribution in [3.05, 3.63) is 35.6 Å². The molecule has 0 aliphatic rings. The molecule has 21 heavy (non-hydrogen) atoms. The second kappa shape index (κ2) is 10.8. The second-order valence-electron chi connectivity index (χ2n) is 6.07. The van der Waals surface area contributed by atoms with Crippen molar-refractivity contribution < 1.29 is 4.39 Å². The van der Waals surface area contributed by atoms with Gasteiger partial charge < -0.3 is 5.32 Å². The zero-order valence-corrected chi connectivity index (χ0v) is 14.0. The Morgan fingerprint density at radius 1 is 1.10 bits per heavy atom. The summed E-state index contributed by atoms with van der Waals surface area (Å²) in [6, 6.07) is 7.29. The summed E-state index contributed by atoms with van der Waals surface area (Å²) in [6.07, 6.45) is 7.20. The zero-order chi connectivity index (χ0) is 15.5. The highest BCUT2D eigenvalue weighted by Gasteiger charge is 2.19. The van der Waals surface area contributed by atoms with E-state index < -0.39 is 0 Å². The number of rotatable bonds is 11. The first-order chi connectivity index (χ1) is 10.2. The number of nitrogens with one attached hydrogen (secondary N) is 1. The van der Waals surface area contributed by atoms with Crippen molar-refractivity contribution in [3.63, 3.8) is 0 Å². The number of benzene rings is 1. The van der Waals surface area contributed by atoms with Crippen LogP contribution in [0.2, 0.25) is 0 Å². The fraction of sp³-hybridized carbons (Fsp3) is 0.684. The topological polar surface area (TPSA) is 12.0 Å². The largest absolute Gasteiger partial charge is 0.316 e. The third kappa shape index (κ3) is 6.60. The fourth-order valence-electron chi connectivity index (χ4n) is 2.96. The van der Waals surface area contributed by atoms with Crippen LogP contribution in [-0.2, 0) is 0 Å². The van der Waals surface area contributed by atoms with E-state index in [9.17, 15) is 4.39 Å². The van der Waals surface area contributed by atoms with Crippen molar-refractivity contribution in [2.75, 3.05) is 13.1 Å². The summed E-state index contributed by atoms with van der Waals surface area (Å²) in [4.78, 5) is 0. The van der Waals surface area contributed by atoms with Crippen molar-refractivity contribution in [2.24, 2.45) is 5.92 Å². The predicted molar refractivity (Wildman–Crippen MR) is 90.2 cm³/mol. The molecule has 0 saturated carbocycles. The van der Waals surface area contributed by atoms with E-state index in [1.807, 2.05) is 12.1 Å². The van der Waals surface area contributed by atoms with Gasteiger partial charge in [-0.3, -0.25) is 0 Å². The molecule has 1 rings (SSSR count). The van der Waals surface area contributed by atoms with Gasteiger partial charge in [0.05, 0.1) is 0 Å². The third-order valence-corrected chi connectivity index (χ3v) is 4.32. The lowest BCUT2D eigenvalue weighted by molar-refractivity contribution is 0.371. The number of unbranched alkanes of at least 4 members (excludes halogenated alkanes) is 1. The lowest BCUT2D eigenvalue weighted by Crippen LogP contribution is -2.24. The van der Waals surface area contributed by atoms with Crippen LogP contribution in [0, 0.1) is 11.7 Å². The summed E-state index contributed by atoms with van der Waals surface area (Å²) in [7, 11) is 0. The molecule has 0 aliphatic carbocycles. The summed E-state index contributed by atoms with van der Waals surface area (Å²) in [6.45, 7) is 8.57. The fourth-order valence-corrected chi connectivity index (χ4v) is 2.96. The summed E-state index contributed by atoms with van der Waals surface area (Å²) in [5, 5.41) is 3.48. The minimum atomic E-state index is -0.0499. The standard InChI is InChI=1S/C19H32FN/c1-4-7-10-16(6-3)14-17(15-21-13-5-2)18-11-8-9-12-19(18)20/h8-9,11-12,16-17,21H,4-7,10,13-15H2,1-3H3. The van der Waals surface area contributed by atoms with Crippen molar-refractivity contribution in [1.29, 1.82) is 0 Å². The molecule has 2 atom stereocenters. The first-order valence-electron chi connectivity index (χ1n) is 8.67.